The lowest BCUT2D eigenvalue weighted by molar-refractivity contribution is -0.115. The molecular weight excluding hydrogens is 232 g/mol. The van der Waals surface area contributed by atoms with Crippen LogP contribution in [0.1, 0.15) is 19.4 Å². The van der Waals surface area contributed by atoms with Crippen molar-refractivity contribution in [1.82, 2.24) is 5.32 Å². The Bertz CT molecular complexity index is 401. The molecule has 0 unspecified atom stereocenters. The smallest absolute Gasteiger partial charge is 0.407 e. The highest BCUT2D eigenvalue weighted by molar-refractivity contribution is 5.93. The molecule has 2 amide bonds. The van der Waals surface area contributed by atoms with Gasteiger partial charge in [-0.05, 0) is 31.0 Å². The Labute approximate surface area is 107 Å². The van der Waals surface area contributed by atoms with Crippen molar-refractivity contribution in [3.63, 3.8) is 0 Å². The van der Waals surface area contributed by atoms with Crippen molar-refractivity contribution in [2.75, 3.05) is 18.5 Å². The number of alkyl carbamates (subject to hydrolysis) is 1. The first kappa shape index (κ1) is 14.0. The SMILES string of the molecule is CCOC(=O)NCC(=O)Nc1ccc(CC)cc1. The lowest BCUT2D eigenvalue weighted by Crippen LogP contribution is -2.33. The van der Waals surface area contributed by atoms with Crippen LogP contribution in [0.25, 0.3) is 0 Å². The van der Waals surface area contributed by atoms with E-state index in [2.05, 4.69) is 22.3 Å². The number of amides is 2. The third kappa shape index (κ3) is 4.86. The van der Waals surface area contributed by atoms with Crippen LogP contribution in [-0.2, 0) is 16.0 Å². The molecule has 5 heteroatoms. The maximum atomic E-state index is 11.5. The Morgan fingerprint density at radius 2 is 1.83 bits per heavy atom. The first-order valence-electron chi connectivity index (χ1n) is 5.95. The molecule has 0 fully saturated rings. The van der Waals surface area contributed by atoms with Crippen molar-refractivity contribution in [2.45, 2.75) is 20.3 Å². The molecule has 1 aromatic rings. The summed E-state index contributed by atoms with van der Waals surface area (Å²) < 4.78 is 4.64. The third-order valence-corrected chi connectivity index (χ3v) is 2.31. The summed E-state index contributed by atoms with van der Waals surface area (Å²) in [5.41, 5.74) is 1.92. The van der Waals surface area contributed by atoms with Crippen LogP contribution in [0, 0.1) is 0 Å². The first-order chi connectivity index (χ1) is 8.65. The van der Waals surface area contributed by atoms with E-state index >= 15 is 0 Å². The van der Waals surface area contributed by atoms with E-state index in [1.807, 2.05) is 24.3 Å². The topological polar surface area (TPSA) is 67.4 Å². The molecule has 0 spiro atoms. The third-order valence-electron chi connectivity index (χ3n) is 2.31. The molecule has 0 atom stereocenters. The molecule has 1 aromatic carbocycles. The Kier molecular flexibility index (Phi) is 5.70. The fourth-order valence-electron chi connectivity index (χ4n) is 1.36. The van der Waals surface area contributed by atoms with Gasteiger partial charge in [0.05, 0.1) is 6.61 Å². The minimum absolute atomic E-state index is 0.103. The molecule has 0 aliphatic carbocycles. The fourth-order valence-corrected chi connectivity index (χ4v) is 1.36. The second-order valence-corrected chi connectivity index (χ2v) is 3.67. The number of carbonyl (C=O) groups is 2. The van der Waals surface area contributed by atoms with Crippen LogP contribution in [0.2, 0.25) is 0 Å². The van der Waals surface area contributed by atoms with E-state index in [4.69, 9.17) is 0 Å². The van der Waals surface area contributed by atoms with Crippen LogP contribution < -0.4 is 10.6 Å². The van der Waals surface area contributed by atoms with E-state index in [-0.39, 0.29) is 19.1 Å². The van der Waals surface area contributed by atoms with Crippen molar-refractivity contribution in [2.24, 2.45) is 0 Å². The molecule has 0 aliphatic heterocycles. The van der Waals surface area contributed by atoms with Gasteiger partial charge < -0.3 is 15.4 Å². The molecule has 0 radical (unpaired) electrons. The van der Waals surface area contributed by atoms with E-state index in [1.165, 1.54) is 5.56 Å². The number of hydrogen-bond donors (Lipinski definition) is 2. The molecule has 18 heavy (non-hydrogen) atoms. The highest BCUT2D eigenvalue weighted by Gasteiger charge is 2.05. The Morgan fingerprint density at radius 3 is 2.39 bits per heavy atom. The maximum absolute atomic E-state index is 11.5. The van der Waals surface area contributed by atoms with Crippen molar-refractivity contribution in [1.29, 1.82) is 0 Å². The average molecular weight is 250 g/mol. The summed E-state index contributed by atoms with van der Waals surface area (Å²) in [5.74, 6) is -0.285. The average Bonchev–Trinajstić information content (AvgIpc) is 2.38. The van der Waals surface area contributed by atoms with Gasteiger partial charge in [-0.25, -0.2) is 4.79 Å². The quantitative estimate of drug-likeness (QED) is 0.839. The molecule has 0 aromatic heterocycles. The Morgan fingerprint density at radius 1 is 1.17 bits per heavy atom. The molecule has 0 saturated carbocycles. The summed E-state index contributed by atoms with van der Waals surface area (Å²) in [6.07, 6.45) is 0.368. The Hall–Kier alpha value is -2.04. The molecule has 1 rings (SSSR count). The zero-order valence-corrected chi connectivity index (χ0v) is 10.7. The van der Waals surface area contributed by atoms with E-state index in [0.717, 1.165) is 6.42 Å². The van der Waals surface area contributed by atoms with Gasteiger partial charge in [0, 0.05) is 5.69 Å². The minimum atomic E-state index is -0.589. The van der Waals surface area contributed by atoms with Gasteiger partial charge in [-0.3, -0.25) is 4.79 Å². The second kappa shape index (κ2) is 7.32. The number of ether oxygens (including phenoxy) is 1. The molecule has 98 valence electrons. The van der Waals surface area contributed by atoms with Crippen LogP contribution >= 0.6 is 0 Å². The van der Waals surface area contributed by atoms with Crippen molar-refractivity contribution >= 4 is 17.7 Å². The summed E-state index contributed by atoms with van der Waals surface area (Å²) in [7, 11) is 0. The molecule has 0 saturated heterocycles. The lowest BCUT2D eigenvalue weighted by atomic mass is 10.1. The monoisotopic (exact) mass is 250 g/mol. The highest BCUT2D eigenvalue weighted by atomic mass is 16.5. The highest BCUT2D eigenvalue weighted by Crippen LogP contribution is 2.09. The molecule has 0 aliphatic rings. The number of hydrogen-bond acceptors (Lipinski definition) is 3. The summed E-state index contributed by atoms with van der Waals surface area (Å²) in [5, 5.41) is 5.03. The fraction of sp³-hybridized carbons (Fsp3) is 0.385. The molecule has 2 N–H and O–H groups in total. The van der Waals surface area contributed by atoms with Gasteiger partial charge in [-0.15, -0.1) is 0 Å². The predicted molar refractivity (Wildman–Crippen MR) is 69.5 cm³/mol. The number of aryl methyl sites for hydroxylation is 1. The summed E-state index contributed by atoms with van der Waals surface area (Å²) in [4.78, 5) is 22.5. The van der Waals surface area contributed by atoms with Crippen LogP contribution in [0.15, 0.2) is 24.3 Å². The molecule has 0 heterocycles. The van der Waals surface area contributed by atoms with Crippen molar-refractivity contribution in [3.8, 4) is 0 Å². The largest absolute Gasteiger partial charge is 0.450 e. The standard InChI is InChI=1S/C13H18N2O3/c1-3-10-5-7-11(8-6-10)15-12(16)9-14-13(17)18-4-2/h5-8H,3-4,9H2,1-2H3,(H,14,17)(H,15,16). The lowest BCUT2D eigenvalue weighted by Gasteiger charge is -2.07. The van der Waals surface area contributed by atoms with Gasteiger partial charge in [0.1, 0.15) is 6.54 Å². The van der Waals surface area contributed by atoms with Crippen LogP contribution in [0.3, 0.4) is 0 Å². The van der Waals surface area contributed by atoms with E-state index in [9.17, 15) is 9.59 Å². The van der Waals surface area contributed by atoms with E-state index in [1.54, 1.807) is 6.92 Å². The predicted octanol–water partition coefficient (Wildman–Crippen LogP) is 1.93. The van der Waals surface area contributed by atoms with E-state index < -0.39 is 6.09 Å². The van der Waals surface area contributed by atoms with Gasteiger partial charge in [-0.2, -0.15) is 0 Å². The van der Waals surface area contributed by atoms with Gasteiger partial charge in [0.2, 0.25) is 5.91 Å². The van der Waals surface area contributed by atoms with Crippen molar-refractivity contribution < 1.29 is 14.3 Å². The molecule has 5 nitrogen and oxygen atoms in total. The van der Waals surface area contributed by atoms with Crippen molar-refractivity contribution in [3.05, 3.63) is 29.8 Å². The zero-order chi connectivity index (χ0) is 13.4. The van der Waals surface area contributed by atoms with Crippen LogP contribution in [0.4, 0.5) is 10.5 Å². The number of anilines is 1. The normalized spacial score (nSPS) is 9.67. The zero-order valence-electron chi connectivity index (χ0n) is 10.7. The second-order valence-electron chi connectivity index (χ2n) is 3.67. The Balaban J connectivity index is 2.37. The number of rotatable bonds is 5. The summed E-state index contributed by atoms with van der Waals surface area (Å²) >= 11 is 0. The van der Waals surface area contributed by atoms with E-state index in [0.29, 0.717) is 5.69 Å². The summed E-state index contributed by atoms with van der Waals surface area (Å²) in [6, 6.07) is 7.57. The van der Waals surface area contributed by atoms with Gasteiger partial charge >= 0.3 is 6.09 Å². The number of nitrogens with one attached hydrogen (secondary N) is 2. The van der Waals surface area contributed by atoms with Crippen LogP contribution in [0.5, 0.6) is 0 Å². The van der Waals surface area contributed by atoms with Gasteiger partial charge in [0.25, 0.3) is 0 Å². The first-order valence-corrected chi connectivity index (χ1v) is 5.95. The maximum Gasteiger partial charge on any atom is 0.407 e. The van der Waals surface area contributed by atoms with Gasteiger partial charge in [-0.1, -0.05) is 19.1 Å². The molecule has 0 bridgehead atoms. The minimum Gasteiger partial charge on any atom is -0.450 e. The summed E-state index contributed by atoms with van der Waals surface area (Å²) in [6.45, 7) is 3.95. The number of carbonyl (C=O) groups excluding carboxylic acids is 2. The van der Waals surface area contributed by atoms with Gasteiger partial charge in [0.15, 0.2) is 0 Å². The van der Waals surface area contributed by atoms with Crippen LogP contribution in [-0.4, -0.2) is 25.2 Å². The molecular formula is C13H18N2O3. The number of benzene rings is 1.